The van der Waals surface area contributed by atoms with E-state index in [-0.39, 0.29) is 0 Å². The Hall–Kier alpha value is -3.09. The normalized spacial score (nSPS) is 14.3. The second-order valence-corrected chi connectivity index (χ2v) is 7.36. The molecule has 0 bridgehead atoms. The Morgan fingerprint density at radius 2 is 1.83 bits per heavy atom. The van der Waals surface area contributed by atoms with Gasteiger partial charge < -0.3 is 15.0 Å². The van der Waals surface area contributed by atoms with Crippen LogP contribution >= 0.6 is 11.6 Å². The molecule has 0 atom stereocenters. The average molecular weight is 406 g/mol. The van der Waals surface area contributed by atoms with E-state index in [9.17, 15) is 0 Å². The first-order valence-electron chi connectivity index (χ1n) is 9.56. The molecule has 1 aliphatic heterocycles. The van der Waals surface area contributed by atoms with Gasteiger partial charge in [0, 0.05) is 41.2 Å². The Kier molecular flexibility index (Phi) is 4.79. The highest BCUT2D eigenvalue weighted by atomic mass is 35.5. The maximum absolute atomic E-state index is 6.15. The van der Waals surface area contributed by atoms with Crippen molar-refractivity contribution in [2.45, 2.75) is 0 Å². The molecule has 146 valence electrons. The van der Waals surface area contributed by atoms with Crippen molar-refractivity contribution in [1.29, 1.82) is 0 Å². The lowest BCUT2D eigenvalue weighted by atomic mass is 10.1. The summed E-state index contributed by atoms with van der Waals surface area (Å²) in [6.45, 7) is 3.42. The molecule has 29 heavy (non-hydrogen) atoms. The number of hydrogen-bond donors (Lipinski definition) is 1. The second kappa shape index (κ2) is 7.73. The molecule has 7 heteroatoms. The number of ether oxygens (including phenoxy) is 1. The number of anilines is 3. The third-order valence-corrected chi connectivity index (χ3v) is 5.26. The predicted octanol–water partition coefficient (Wildman–Crippen LogP) is 4.63. The molecule has 1 fully saturated rings. The van der Waals surface area contributed by atoms with E-state index in [1.165, 1.54) is 5.69 Å². The van der Waals surface area contributed by atoms with Crippen molar-refractivity contribution < 1.29 is 4.74 Å². The summed E-state index contributed by atoms with van der Waals surface area (Å²) >= 11 is 6.15. The number of benzene rings is 2. The minimum Gasteiger partial charge on any atom is -0.378 e. The highest BCUT2D eigenvalue weighted by molar-refractivity contribution is 6.30. The van der Waals surface area contributed by atoms with Gasteiger partial charge in [-0.3, -0.25) is 0 Å². The van der Waals surface area contributed by atoms with Crippen molar-refractivity contribution in [3.8, 4) is 11.1 Å². The van der Waals surface area contributed by atoms with Crippen LogP contribution in [0.25, 0.3) is 16.8 Å². The van der Waals surface area contributed by atoms with Crippen LogP contribution in [0, 0.1) is 0 Å². The predicted molar refractivity (Wildman–Crippen MR) is 116 cm³/mol. The summed E-state index contributed by atoms with van der Waals surface area (Å²) in [5.41, 5.74) is 4.91. The smallest absolute Gasteiger partial charge is 0.165 e. The number of hydrogen-bond acceptors (Lipinski definition) is 5. The molecule has 2 aromatic carbocycles. The molecule has 0 unspecified atom stereocenters. The molecule has 0 radical (unpaired) electrons. The summed E-state index contributed by atoms with van der Waals surface area (Å²) in [5, 5.41) is 8.48. The molecule has 3 heterocycles. The highest BCUT2D eigenvalue weighted by Gasteiger charge is 2.12. The SMILES string of the molecule is Clc1cccc(-c2cnn3ccc(Nc4ccc(N5CCOCC5)cc4)nc23)c1. The van der Waals surface area contributed by atoms with Gasteiger partial charge in [-0.25, -0.2) is 9.50 Å². The standard InChI is InChI=1S/C22H20ClN5O/c23-17-3-1-2-16(14-17)20-15-24-28-9-8-21(26-22(20)28)25-18-4-6-19(7-5-18)27-10-12-29-13-11-27/h1-9,14-15H,10-13H2,(H,25,26). The number of nitrogens with one attached hydrogen (secondary N) is 1. The number of nitrogens with zero attached hydrogens (tertiary/aromatic N) is 4. The Balaban J connectivity index is 1.40. The van der Waals surface area contributed by atoms with Gasteiger partial charge in [-0.2, -0.15) is 5.10 Å². The summed E-state index contributed by atoms with van der Waals surface area (Å²) in [5.74, 6) is 0.764. The van der Waals surface area contributed by atoms with Gasteiger partial charge >= 0.3 is 0 Å². The van der Waals surface area contributed by atoms with Crippen LogP contribution < -0.4 is 10.2 Å². The van der Waals surface area contributed by atoms with E-state index in [2.05, 4.69) is 39.6 Å². The zero-order chi connectivity index (χ0) is 19.6. The third kappa shape index (κ3) is 3.77. The molecule has 0 saturated carbocycles. The van der Waals surface area contributed by atoms with Gasteiger partial charge in [-0.05, 0) is 48.0 Å². The minimum atomic E-state index is 0.691. The first-order valence-corrected chi connectivity index (χ1v) is 9.94. The fourth-order valence-corrected chi connectivity index (χ4v) is 3.71. The van der Waals surface area contributed by atoms with E-state index in [4.69, 9.17) is 21.3 Å². The average Bonchev–Trinajstić information content (AvgIpc) is 3.18. The number of rotatable bonds is 4. The first kappa shape index (κ1) is 18.0. The van der Waals surface area contributed by atoms with Crippen molar-refractivity contribution in [3.05, 3.63) is 72.0 Å². The molecule has 2 aromatic heterocycles. The maximum Gasteiger partial charge on any atom is 0.165 e. The lowest BCUT2D eigenvalue weighted by Crippen LogP contribution is -2.36. The molecule has 0 spiro atoms. The zero-order valence-corrected chi connectivity index (χ0v) is 16.5. The molecular weight excluding hydrogens is 386 g/mol. The number of morpholine rings is 1. The van der Waals surface area contributed by atoms with E-state index >= 15 is 0 Å². The Morgan fingerprint density at radius 1 is 1.00 bits per heavy atom. The van der Waals surface area contributed by atoms with Gasteiger partial charge in [0.1, 0.15) is 5.82 Å². The lowest BCUT2D eigenvalue weighted by molar-refractivity contribution is 0.122. The quantitative estimate of drug-likeness (QED) is 0.536. The molecule has 0 amide bonds. The molecule has 1 N–H and O–H groups in total. The van der Waals surface area contributed by atoms with Crippen LogP contribution in [0.1, 0.15) is 0 Å². The highest BCUT2D eigenvalue weighted by Crippen LogP contribution is 2.27. The molecule has 1 saturated heterocycles. The fourth-order valence-electron chi connectivity index (χ4n) is 3.52. The maximum atomic E-state index is 6.15. The second-order valence-electron chi connectivity index (χ2n) is 6.92. The van der Waals surface area contributed by atoms with Crippen molar-refractivity contribution in [3.63, 3.8) is 0 Å². The lowest BCUT2D eigenvalue weighted by Gasteiger charge is -2.28. The molecule has 0 aliphatic carbocycles. The Labute approximate surface area is 173 Å². The van der Waals surface area contributed by atoms with Crippen LogP contribution in [0.4, 0.5) is 17.2 Å². The van der Waals surface area contributed by atoms with Crippen LogP contribution in [-0.2, 0) is 4.74 Å². The van der Waals surface area contributed by atoms with Crippen molar-refractivity contribution >= 4 is 34.4 Å². The van der Waals surface area contributed by atoms with E-state index in [1.807, 2.05) is 42.7 Å². The number of aromatic nitrogens is 3. The first-order chi connectivity index (χ1) is 14.3. The van der Waals surface area contributed by atoms with E-state index in [1.54, 1.807) is 4.52 Å². The summed E-state index contributed by atoms with van der Waals surface area (Å²) in [4.78, 5) is 7.10. The summed E-state index contributed by atoms with van der Waals surface area (Å²) < 4.78 is 7.19. The molecule has 4 aromatic rings. The largest absolute Gasteiger partial charge is 0.378 e. The van der Waals surface area contributed by atoms with Crippen molar-refractivity contribution in [2.24, 2.45) is 0 Å². The fraction of sp³-hybridized carbons (Fsp3) is 0.182. The Bertz CT molecular complexity index is 1140. The topological polar surface area (TPSA) is 54.7 Å². The van der Waals surface area contributed by atoms with Crippen molar-refractivity contribution in [1.82, 2.24) is 14.6 Å². The number of halogens is 1. The van der Waals surface area contributed by atoms with Gasteiger partial charge in [0.25, 0.3) is 0 Å². The van der Waals surface area contributed by atoms with Crippen LogP contribution in [0.15, 0.2) is 67.0 Å². The monoisotopic (exact) mass is 405 g/mol. The van der Waals surface area contributed by atoms with Crippen LogP contribution in [0.3, 0.4) is 0 Å². The van der Waals surface area contributed by atoms with Crippen molar-refractivity contribution in [2.75, 3.05) is 36.5 Å². The summed E-state index contributed by atoms with van der Waals surface area (Å²) in [6.07, 6.45) is 3.72. The summed E-state index contributed by atoms with van der Waals surface area (Å²) in [6, 6.07) is 18.0. The molecule has 5 rings (SSSR count). The molecular formula is C22H20ClN5O. The van der Waals surface area contributed by atoms with Crippen LogP contribution in [0.2, 0.25) is 5.02 Å². The third-order valence-electron chi connectivity index (χ3n) is 5.02. The zero-order valence-electron chi connectivity index (χ0n) is 15.8. The van der Waals surface area contributed by atoms with Crippen LogP contribution in [-0.4, -0.2) is 40.9 Å². The van der Waals surface area contributed by atoms with Gasteiger partial charge in [0.15, 0.2) is 5.65 Å². The minimum absolute atomic E-state index is 0.691. The molecule has 6 nitrogen and oxygen atoms in total. The molecule has 1 aliphatic rings. The van der Waals surface area contributed by atoms with Gasteiger partial charge in [-0.1, -0.05) is 23.7 Å². The van der Waals surface area contributed by atoms with Crippen LogP contribution in [0.5, 0.6) is 0 Å². The number of fused-ring (bicyclic) bond motifs is 1. The van der Waals surface area contributed by atoms with E-state index < -0.39 is 0 Å². The summed E-state index contributed by atoms with van der Waals surface area (Å²) in [7, 11) is 0. The van der Waals surface area contributed by atoms with Gasteiger partial charge in [0.2, 0.25) is 0 Å². The van der Waals surface area contributed by atoms with Gasteiger partial charge in [-0.15, -0.1) is 0 Å². The van der Waals surface area contributed by atoms with Gasteiger partial charge in [0.05, 0.1) is 19.4 Å². The van der Waals surface area contributed by atoms with E-state index in [0.717, 1.165) is 54.6 Å². The van der Waals surface area contributed by atoms with E-state index in [0.29, 0.717) is 5.02 Å². The Morgan fingerprint density at radius 3 is 2.62 bits per heavy atom.